The molecule has 2 rings (SSSR count). The van der Waals surface area contributed by atoms with Gasteiger partial charge in [0.1, 0.15) is 0 Å². The third kappa shape index (κ3) is 2.48. The van der Waals surface area contributed by atoms with Crippen LogP contribution >= 0.6 is 12.2 Å². The number of anilines is 1. The summed E-state index contributed by atoms with van der Waals surface area (Å²) in [6.07, 6.45) is 5.06. The summed E-state index contributed by atoms with van der Waals surface area (Å²) < 4.78 is 0. The molecule has 6 heteroatoms. The summed E-state index contributed by atoms with van der Waals surface area (Å²) in [5.41, 5.74) is 7.09. The van der Waals surface area contributed by atoms with Crippen molar-refractivity contribution in [3.8, 4) is 11.3 Å². The molecule has 0 aromatic carbocycles. The van der Waals surface area contributed by atoms with Gasteiger partial charge in [0, 0.05) is 24.2 Å². The Labute approximate surface area is 97.8 Å². The maximum atomic E-state index is 5.34. The molecule has 0 spiro atoms. The van der Waals surface area contributed by atoms with E-state index >= 15 is 0 Å². The highest BCUT2D eigenvalue weighted by Gasteiger charge is 2.01. The lowest BCUT2D eigenvalue weighted by Crippen LogP contribution is -2.20. The van der Waals surface area contributed by atoms with Crippen molar-refractivity contribution in [2.24, 2.45) is 5.73 Å². The predicted octanol–water partition coefficient (Wildman–Crippen LogP) is 1.19. The fourth-order valence-corrected chi connectivity index (χ4v) is 1.30. The van der Waals surface area contributed by atoms with Crippen molar-refractivity contribution >= 4 is 23.3 Å². The predicted molar refractivity (Wildman–Crippen MR) is 65.7 cm³/mol. The van der Waals surface area contributed by atoms with Gasteiger partial charge in [0.2, 0.25) is 5.95 Å². The molecule has 2 aromatic rings. The fourth-order valence-electron chi connectivity index (χ4n) is 1.21. The van der Waals surface area contributed by atoms with Gasteiger partial charge in [-0.1, -0.05) is 0 Å². The molecule has 0 aliphatic rings. The molecule has 0 saturated carbocycles. The molecule has 0 radical (unpaired) electrons. The molecule has 0 unspecified atom stereocenters. The topological polar surface area (TPSA) is 76.7 Å². The number of pyridine rings is 1. The molecule has 2 heterocycles. The molecular formula is C10H9N5S. The lowest BCUT2D eigenvalue weighted by atomic mass is 10.2. The first-order chi connectivity index (χ1) is 7.75. The van der Waals surface area contributed by atoms with Gasteiger partial charge in [-0.05, 0) is 30.4 Å². The van der Waals surface area contributed by atoms with Crippen LogP contribution < -0.4 is 11.1 Å². The zero-order valence-corrected chi connectivity index (χ0v) is 9.11. The van der Waals surface area contributed by atoms with Crippen LogP contribution in [0.1, 0.15) is 0 Å². The Morgan fingerprint density at radius 3 is 2.62 bits per heavy atom. The van der Waals surface area contributed by atoms with Crippen LogP contribution in [0.25, 0.3) is 11.3 Å². The lowest BCUT2D eigenvalue weighted by Gasteiger charge is -2.04. The highest BCUT2D eigenvalue weighted by molar-refractivity contribution is 7.80. The standard InChI is InChI=1S/C10H9N5S/c11-9(16)15-10-13-6-3-8(14-10)7-1-4-12-5-2-7/h1-6H,(H3,11,13,14,15,16). The maximum Gasteiger partial charge on any atom is 0.229 e. The number of hydrogen-bond donors (Lipinski definition) is 2. The normalized spacial score (nSPS) is 9.75. The summed E-state index contributed by atoms with van der Waals surface area (Å²) in [4.78, 5) is 12.2. The average Bonchev–Trinajstić information content (AvgIpc) is 2.30. The minimum absolute atomic E-state index is 0.145. The molecule has 80 valence electrons. The van der Waals surface area contributed by atoms with Gasteiger partial charge < -0.3 is 11.1 Å². The SMILES string of the molecule is NC(=S)Nc1nccc(-c2ccncc2)n1. The largest absolute Gasteiger partial charge is 0.376 e. The highest BCUT2D eigenvalue weighted by Crippen LogP contribution is 2.15. The van der Waals surface area contributed by atoms with Crippen LogP contribution in [0.3, 0.4) is 0 Å². The van der Waals surface area contributed by atoms with Gasteiger partial charge in [-0.3, -0.25) is 4.98 Å². The summed E-state index contributed by atoms with van der Waals surface area (Å²) in [5, 5.41) is 2.83. The van der Waals surface area contributed by atoms with Crippen LogP contribution in [0.2, 0.25) is 0 Å². The van der Waals surface area contributed by atoms with Gasteiger partial charge in [-0.25, -0.2) is 9.97 Å². The van der Waals surface area contributed by atoms with Crippen molar-refractivity contribution < 1.29 is 0 Å². The molecule has 16 heavy (non-hydrogen) atoms. The minimum atomic E-state index is 0.145. The van der Waals surface area contributed by atoms with Crippen molar-refractivity contribution in [2.45, 2.75) is 0 Å². The Kier molecular flexibility index (Phi) is 3.02. The van der Waals surface area contributed by atoms with Crippen LogP contribution in [0.15, 0.2) is 36.8 Å². The monoisotopic (exact) mass is 231 g/mol. The van der Waals surface area contributed by atoms with E-state index in [2.05, 4.69) is 20.3 Å². The van der Waals surface area contributed by atoms with Gasteiger partial charge in [0.15, 0.2) is 5.11 Å². The van der Waals surface area contributed by atoms with E-state index in [1.165, 1.54) is 0 Å². The Morgan fingerprint density at radius 2 is 1.94 bits per heavy atom. The summed E-state index contributed by atoms with van der Waals surface area (Å²) in [6, 6.07) is 5.54. The number of rotatable bonds is 2. The van der Waals surface area contributed by atoms with E-state index in [1.54, 1.807) is 24.7 Å². The number of nitrogens with one attached hydrogen (secondary N) is 1. The lowest BCUT2D eigenvalue weighted by molar-refractivity contribution is 1.17. The van der Waals surface area contributed by atoms with Crippen molar-refractivity contribution in [3.05, 3.63) is 36.8 Å². The first kappa shape index (κ1) is 10.4. The quantitative estimate of drug-likeness (QED) is 0.756. The van der Waals surface area contributed by atoms with E-state index in [-0.39, 0.29) is 5.11 Å². The molecule has 0 bridgehead atoms. The summed E-state index contributed by atoms with van der Waals surface area (Å²) in [7, 11) is 0. The third-order valence-corrected chi connectivity index (χ3v) is 1.97. The molecule has 0 atom stereocenters. The van der Waals surface area contributed by atoms with Gasteiger partial charge in [-0.2, -0.15) is 0 Å². The van der Waals surface area contributed by atoms with Crippen LogP contribution in [0.4, 0.5) is 5.95 Å². The number of nitrogens with zero attached hydrogens (tertiary/aromatic N) is 3. The minimum Gasteiger partial charge on any atom is -0.376 e. The molecule has 3 N–H and O–H groups in total. The Morgan fingerprint density at radius 1 is 1.19 bits per heavy atom. The molecule has 0 saturated heterocycles. The molecule has 0 fully saturated rings. The second kappa shape index (κ2) is 4.63. The van der Waals surface area contributed by atoms with Gasteiger partial charge in [0.05, 0.1) is 5.69 Å². The smallest absolute Gasteiger partial charge is 0.229 e. The average molecular weight is 231 g/mol. The van der Waals surface area contributed by atoms with Gasteiger partial charge in [0.25, 0.3) is 0 Å². The third-order valence-electron chi connectivity index (χ3n) is 1.87. The van der Waals surface area contributed by atoms with Gasteiger partial charge in [-0.15, -0.1) is 0 Å². The number of nitrogens with two attached hydrogens (primary N) is 1. The van der Waals surface area contributed by atoms with Crippen LogP contribution in [-0.4, -0.2) is 20.1 Å². The van der Waals surface area contributed by atoms with Gasteiger partial charge >= 0.3 is 0 Å². The van der Waals surface area contributed by atoms with E-state index in [1.807, 2.05) is 12.1 Å². The Hall–Kier alpha value is -2.08. The van der Waals surface area contributed by atoms with Crippen LogP contribution in [0, 0.1) is 0 Å². The second-order valence-electron chi connectivity index (χ2n) is 2.99. The summed E-state index contributed by atoms with van der Waals surface area (Å²) in [6.45, 7) is 0. The van der Waals surface area contributed by atoms with Crippen molar-refractivity contribution in [1.29, 1.82) is 0 Å². The first-order valence-electron chi connectivity index (χ1n) is 4.55. The van der Waals surface area contributed by atoms with Crippen LogP contribution in [-0.2, 0) is 0 Å². The molecule has 0 aliphatic heterocycles. The summed E-state index contributed by atoms with van der Waals surface area (Å²) in [5.74, 6) is 0.391. The van der Waals surface area contributed by atoms with E-state index in [9.17, 15) is 0 Å². The van der Waals surface area contributed by atoms with Crippen molar-refractivity contribution in [1.82, 2.24) is 15.0 Å². The van der Waals surface area contributed by atoms with Crippen molar-refractivity contribution in [2.75, 3.05) is 5.32 Å². The molecular weight excluding hydrogens is 222 g/mol. The van der Waals surface area contributed by atoms with Crippen LogP contribution in [0.5, 0.6) is 0 Å². The molecule has 0 amide bonds. The van der Waals surface area contributed by atoms with E-state index in [0.29, 0.717) is 5.95 Å². The number of thiocarbonyl (C=S) groups is 1. The van der Waals surface area contributed by atoms with E-state index < -0.39 is 0 Å². The van der Waals surface area contributed by atoms with E-state index in [4.69, 9.17) is 18.0 Å². The second-order valence-corrected chi connectivity index (χ2v) is 3.43. The Balaban J connectivity index is 2.33. The first-order valence-corrected chi connectivity index (χ1v) is 4.96. The van der Waals surface area contributed by atoms with Crippen molar-refractivity contribution in [3.63, 3.8) is 0 Å². The molecule has 0 aliphatic carbocycles. The highest BCUT2D eigenvalue weighted by atomic mass is 32.1. The maximum absolute atomic E-state index is 5.34. The number of aromatic nitrogens is 3. The van der Waals surface area contributed by atoms with E-state index in [0.717, 1.165) is 11.3 Å². The Bertz CT molecular complexity index is 500. The zero-order valence-electron chi connectivity index (χ0n) is 8.29. The summed E-state index contributed by atoms with van der Waals surface area (Å²) >= 11 is 4.71. The number of hydrogen-bond acceptors (Lipinski definition) is 4. The fraction of sp³-hybridized carbons (Fsp3) is 0. The molecule has 5 nitrogen and oxygen atoms in total. The zero-order chi connectivity index (χ0) is 11.4. The molecule has 2 aromatic heterocycles.